The Balaban J connectivity index is 1.85. The molecule has 1 aromatic heterocycles. The molecule has 0 saturated heterocycles. The van der Waals surface area contributed by atoms with Gasteiger partial charge in [-0.05, 0) is 33.7 Å². The first-order chi connectivity index (χ1) is 12.3. The van der Waals surface area contributed by atoms with Crippen LogP contribution in [-0.4, -0.2) is 12.6 Å². The van der Waals surface area contributed by atoms with Crippen LogP contribution in [0.15, 0.2) is 72.1 Å². The minimum Gasteiger partial charge on any atom is -0.298 e. The summed E-state index contributed by atoms with van der Waals surface area (Å²) in [6, 6.07) is 21.7. The van der Waals surface area contributed by atoms with Crippen LogP contribution < -0.4 is 0 Å². The van der Waals surface area contributed by atoms with E-state index in [0.29, 0.717) is 11.1 Å². The molecule has 2 nitrogen and oxygen atoms in total. The highest BCUT2D eigenvalue weighted by Gasteiger charge is 2.11. The lowest BCUT2D eigenvalue weighted by molar-refractivity contribution is 0.111. The van der Waals surface area contributed by atoms with Gasteiger partial charge in [0.05, 0.1) is 0 Å². The maximum Gasteiger partial charge on any atom is 0.150 e. The summed E-state index contributed by atoms with van der Waals surface area (Å²) in [4.78, 5) is 21.7. The maximum absolute atomic E-state index is 10.9. The highest BCUT2D eigenvalue weighted by Crippen LogP contribution is 2.38. The Morgan fingerprint density at radius 1 is 0.600 bits per heavy atom. The molecule has 0 aliphatic carbocycles. The second kappa shape index (κ2) is 6.46. The van der Waals surface area contributed by atoms with Crippen molar-refractivity contribution in [2.75, 3.05) is 0 Å². The smallest absolute Gasteiger partial charge is 0.150 e. The molecule has 0 amide bonds. The Hall–Kier alpha value is -3.04. The Morgan fingerprint density at radius 2 is 1.12 bits per heavy atom. The molecule has 3 aromatic carbocycles. The Bertz CT molecular complexity index is 972. The van der Waals surface area contributed by atoms with E-state index >= 15 is 0 Å². The van der Waals surface area contributed by atoms with E-state index in [-0.39, 0.29) is 0 Å². The zero-order valence-electron chi connectivity index (χ0n) is 13.3. The van der Waals surface area contributed by atoms with Gasteiger partial charge in [0.25, 0.3) is 0 Å². The molecule has 4 aromatic rings. The monoisotopic (exact) mass is 342 g/mol. The molecule has 0 aliphatic heterocycles. The highest BCUT2D eigenvalue weighted by molar-refractivity contribution is 7.17. The zero-order valence-corrected chi connectivity index (χ0v) is 14.1. The van der Waals surface area contributed by atoms with Gasteiger partial charge in [0.15, 0.2) is 0 Å². The molecule has 0 spiro atoms. The predicted molar refractivity (Wildman–Crippen MR) is 103 cm³/mol. The second-order valence-corrected chi connectivity index (χ2v) is 6.72. The van der Waals surface area contributed by atoms with E-state index in [2.05, 4.69) is 23.6 Å². The quantitative estimate of drug-likeness (QED) is 0.435. The van der Waals surface area contributed by atoms with E-state index in [9.17, 15) is 9.59 Å². The third-order valence-electron chi connectivity index (χ3n) is 4.33. The summed E-state index contributed by atoms with van der Waals surface area (Å²) in [5.41, 5.74) is 5.87. The Morgan fingerprint density at radius 3 is 1.68 bits per heavy atom. The van der Waals surface area contributed by atoms with Gasteiger partial charge in [-0.1, -0.05) is 60.7 Å². The van der Waals surface area contributed by atoms with Gasteiger partial charge in [0.2, 0.25) is 0 Å². The van der Waals surface area contributed by atoms with Crippen molar-refractivity contribution in [3.05, 3.63) is 83.2 Å². The van der Waals surface area contributed by atoms with Gasteiger partial charge in [-0.25, -0.2) is 0 Å². The van der Waals surface area contributed by atoms with Crippen molar-refractivity contribution in [3.63, 3.8) is 0 Å². The highest BCUT2D eigenvalue weighted by atomic mass is 32.1. The molecule has 0 radical (unpaired) electrons. The molecule has 0 atom stereocenters. The molecule has 4 rings (SSSR count). The Kier molecular flexibility index (Phi) is 4.00. The van der Waals surface area contributed by atoms with Crippen molar-refractivity contribution in [2.24, 2.45) is 0 Å². The molecule has 0 fully saturated rings. The van der Waals surface area contributed by atoms with E-state index in [1.165, 1.54) is 10.1 Å². The fraction of sp³-hybridized carbons (Fsp3) is 0. The van der Waals surface area contributed by atoms with Crippen molar-refractivity contribution in [2.45, 2.75) is 0 Å². The van der Waals surface area contributed by atoms with E-state index in [0.717, 1.165) is 34.8 Å². The van der Waals surface area contributed by atoms with E-state index < -0.39 is 0 Å². The fourth-order valence-corrected chi connectivity index (χ4v) is 3.98. The number of rotatable bonds is 4. The Labute approximate surface area is 149 Å². The lowest BCUT2D eigenvalue weighted by Crippen LogP contribution is -1.85. The summed E-state index contributed by atoms with van der Waals surface area (Å²) in [6.07, 6.45) is 1.71. The average Bonchev–Trinajstić information content (AvgIpc) is 3.17. The normalized spacial score (nSPS) is 10.7. The van der Waals surface area contributed by atoms with Crippen LogP contribution in [0.25, 0.3) is 32.3 Å². The van der Waals surface area contributed by atoms with Crippen LogP contribution in [0.3, 0.4) is 0 Å². The SMILES string of the molecule is O=Cc1ccc(-c2ccc(-c3ccc(C=O)cc3)c3sccc23)cc1. The summed E-state index contributed by atoms with van der Waals surface area (Å²) < 4.78 is 1.22. The molecule has 3 heteroatoms. The van der Waals surface area contributed by atoms with Crippen LogP contribution in [0.1, 0.15) is 20.7 Å². The van der Waals surface area contributed by atoms with E-state index in [4.69, 9.17) is 0 Å². The van der Waals surface area contributed by atoms with Crippen LogP contribution in [0.2, 0.25) is 0 Å². The molecule has 0 bridgehead atoms. The standard InChI is InChI=1S/C22H14O2S/c23-13-15-1-5-17(6-2-15)19-9-10-20(22-21(19)11-12-25-22)18-7-3-16(14-24)4-8-18/h1-14H. The van der Waals surface area contributed by atoms with Crippen LogP contribution in [-0.2, 0) is 0 Å². The van der Waals surface area contributed by atoms with Gasteiger partial charge < -0.3 is 0 Å². The molecule has 0 aliphatic rings. The number of fused-ring (bicyclic) bond motifs is 1. The largest absolute Gasteiger partial charge is 0.298 e. The van der Waals surface area contributed by atoms with Crippen molar-refractivity contribution >= 4 is 34.0 Å². The number of hydrogen-bond acceptors (Lipinski definition) is 3. The maximum atomic E-state index is 10.9. The lowest BCUT2D eigenvalue weighted by atomic mass is 9.96. The minimum absolute atomic E-state index is 0.678. The van der Waals surface area contributed by atoms with Crippen LogP contribution in [0.5, 0.6) is 0 Å². The molecule has 120 valence electrons. The number of benzene rings is 3. The molecule has 0 saturated carbocycles. The fourth-order valence-electron chi connectivity index (χ4n) is 3.02. The number of thiophene rings is 1. The molecular formula is C22H14O2S. The summed E-state index contributed by atoms with van der Waals surface area (Å²) in [6.45, 7) is 0. The van der Waals surface area contributed by atoms with Gasteiger partial charge >= 0.3 is 0 Å². The van der Waals surface area contributed by atoms with Crippen molar-refractivity contribution in [3.8, 4) is 22.3 Å². The van der Waals surface area contributed by atoms with Crippen LogP contribution >= 0.6 is 11.3 Å². The molecule has 0 N–H and O–H groups in total. The number of carbonyl (C=O) groups is 2. The minimum atomic E-state index is 0.678. The predicted octanol–water partition coefficient (Wildman–Crippen LogP) is 5.86. The average molecular weight is 342 g/mol. The first-order valence-corrected chi connectivity index (χ1v) is 8.79. The summed E-state index contributed by atoms with van der Waals surface area (Å²) in [5.74, 6) is 0. The molecule has 1 heterocycles. The third-order valence-corrected chi connectivity index (χ3v) is 5.28. The van der Waals surface area contributed by atoms with Crippen LogP contribution in [0, 0.1) is 0 Å². The van der Waals surface area contributed by atoms with E-state index in [1.54, 1.807) is 11.3 Å². The summed E-state index contributed by atoms with van der Waals surface area (Å²) >= 11 is 1.71. The molecule has 0 unspecified atom stereocenters. The third kappa shape index (κ3) is 2.79. The number of aldehydes is 2. The molecular weight excluding hydrogens is 328 g/mol. The van der Waals surface area contributed by atoms with Crippen molar-refractivity contribution in [1.29, 1.82) is 0 Å². The first kappa shape index (κ1) is 15.5. The number of hydrogen-bond donors (Lipinski definition) is 0. The van der Waals surface area contributed by atoms with Gasteiger partial charge in [-0.15, -0.1) is 11.3 Å². The van der Waals surface area contributed by atoms with Gasteiger partial charge in [0.1, 0.15) is 12.6 Å². The van der Waals surface area contributed by atoms with Gasteiger partial charge in [-0.2, -0.15) is 0 Å². The van der Waals surface area contributed by atoms with Crippen molar-refractivity contribution in [1.82, 2.24) is 0 Å². The van der Waals surface area contributed by atoms with Crippen LogP contribution in [0.4, 0.5) is 0 Å². The number of carbonyl (C=O) groups excluding carboxylic acids is 2. The lowest BCUT2D eigenvalue weighted by Gasteiger charge is -2.09. The molecule has 25 heavy (non-hydrogen) atoms. The summed E-state index contributed by atoms with van der Waals surface area (Å²) in [5, 5.41) is 3.29. The first-order valence-electron chi connectivity index (χ1n) is 7.91. The summed E-state index contributed by atoms with van der Waals surface area (Å²) in [7, 11) is 0. The second-order valence-electron chi connectivity index (χ2n) is 5.80. The zero-order chi connectivity index (χ0) is 17.2. The van der Waals surface area contributed by atoms with Gasteiger partial charge in [0, 0.05) is 21.2 Å². The van der Waals surface area contributed by atoms with Gasteiger partial charge in [-0.3, -0.25) is 9.59 Å². The topological polar surface area (TPSA) is 34.1 Å². The van der Waals surface area contributed by atoms with Crippen molar-refractivity contribution < 1.29 is 9.59 Å². The van der Waals surface area contributed by atoms with E-state index in [1.807, 2.05) is 48.5 Å².